The van der Waals surface area contributed by atoms with Crippen molar-refractivity contribution in [3.63, 3.8) is 0 Å². The highest BCUT2D eigenvalue weighted by Crippen LogP contribution is 2.28. The molecular weight excluding hydrogens is 406 g/mol. The maximum absolute atomic E-state index is 14.3. The quantitative estimate of drug-likeness (QED) is 0.489. The van der Waals surface area contributed by atoms with Crippen LogP contribution in [0.2, 0.25) is 0 Å². The zero-order chi connectivity index (χ0) is 21.4. The summed E-state index contributed by atoms with van der Waals surface area (Å²) >= 11 is 0. The fraction of sp³-hybridized carbons (Fsp3) is 0.190. The number of aromatic nitrogens is 5. The standard InChI is InChI=1S/C21H16F2N6O2/c22-14-5-2-1-4-13(14)12-29-18(16-7-9-31-27-16)10-17(26-29)20-24-11-15(23)21(25-20)28-8-3-6-19(28)30/h1-2,4-5,7,9-11H,3,6,8,12H2. The Kier molecular flexibility index (Phi) is 4.73. The van der Waals surface area contributed by atoms with E-state index in [0.29, 0.717) is 42.0 Å². The van der Waals surface area contributed by atoms with E-state index in [-0.39, 0.29) is 29.9 Å². The van der Waals surface area contributed by atoms with Gasteiger partial charge in [0.1, 0.15) is 23.5 Å². The van der Waals surface area contributed by atoms with E-state index in [9.17, 15) is 13.6 Å². The highest BCUT2D eigenvalue weighted by Gasteiger charge is 2.27. The number of carbonyl (C=O) groups excluding carboxylic acids is 1. The first-order chi connectivity index (χ1) is 15.1. The lowest BCUT2D eigenvalue weighted by molar-refractivity contribution is -0.117. The molecule has 5 rings (SSSR count). The van der Waals surface area contributed by atoms with Gasteiger partial charge in [-0.2, -0.15) is 5.10 Å². The van der Waals surface area contributed by atoms with Crippen LogP contribution in [0.3, 0.4) is 0 Å². The molecule has 0 spiro atoms. The second-order valence-corrected chi connectivity index (χ2v) is 7.06. The van der Waals surface area contributed by atoms with Crippen molar-refractivity contribution in [3.8, 4) is 22.9 Å². The van der Waals surface area contributed by atoms with Gasteiger partial charge in [0.25, 0.3) is 0 Å². The van der Waals surface area contributed by atoms with Gasteiger partial charge in [0.05, 0.1) is 18.4 Å². The number of rotatable bonds is 5. The van der Waals surface area contributed by atoms with Crippen LogP contribution < -0.4 is 4.90 Å². The van der Waals surface area contributed by atoms with E-state index in [1.165, 1.54) is 17.2 Å². The highest BCUT2D eigenvalue weighted by atomic mass is 19.1. The molecule has 0 radical (unpaired) electrons. The van der Waals surface area contributed by atoms with Gasteiger partial charge in [-0.25, -0.2) is 18.7 Å². The van der Waals surface area contributed by atoms with Crippen molar-refractivity contribution < 1.29 is 18.1 Å². The number of anilines is 1. The average molecular weight is 422 g/mol. The Morgan fingerprint density at radius 1 is 1.10 bits per heavy atom. The zero-order valence-electron chi connectivity index (χ0n) is 16.2. The molecule has 3 aromatic heterocycles. The van der Waals surface area contributed by atoms with E-state index < -0.39 is 5.82 Å². The smallest absolute Gasteiger partial charge is 0.228 e. The molecule has 10 heteroatoms. The maximum atomic E-state index is 14.3. The first-order valence-corrected chi connectivity index (χ1v) is 9.65. The van der Waals surface area contributed by atoms with Gasteiger partial charge in [0.2, 0.25) is 5.91 Å². The van der Waals surface area contributed by atoms with Crippen LogP contribution >= 0.6 is 0 Å². The third-order valence-electron chi connectivity index (χ3n) is 5.04. The molecule has 1 aromatic carbocycles. The van der Waals surface area contributed by atoms with Crippen molar-refractivity contribution >= 4 is 11.7 Å². The summed E-state index contributed by atoms with van der Waals surface area (Å²) in [5, 5.41) is 8.45. The van der Waals surface area contributed by atoms with Crippen molar-refractivity contribution in [3.05, 3.63) is 66.1 Å². The van der Waals surface area contributed by atoms with Gasteiger partial charge in [-0.05, 0) is 18.6 Å². The molecule has 4 aromatic rings. The molecule has 1 amide bonds. The van der Waals surface area contributed by atoms with Gasteiger partial charge in [0.15, 0.2) is 17.5 Å². The van der Waals surface area contributed by atoms with Crippen LogP contribution in [-0.4, -0.2) is 37.4 Å². The fourth-order valence-corrected chi connectivity index (χ4v) is 3.53. The van der Waals surface area contributed by atoms with Gasteiger partial charge in [-0.3, -0.25) is 14.4 Å². The summed E-state index contributed by atoms with van der Waals surface area (Å²) in [6.45, 7) is 0.533. The molecular formula is C21H16F2N6O2. The third kappa shape index (κ3) is 3.56. The Morgan fingerprint density at radius 3 is 2.71 bits per heavy atom. The predicted molar refractivity (Wildman–Crippen MR) is 106 cm³/mol. The molecule has 0 bridgehead atoms. The zero-order valence-corrected chi connectivity index (χ0v) is 16.2. The second kappa shape index (κ2) is 7.71. The lowest BCUT2D eigenvalue weighted by atomic mass is 10.2. The van der Waals surface area contributed by atoms with Crippen molar-refractivity contribution in [2.75, 3.05) is 11.4 Å². The van der Waals surface area contributed by atoms with Crippen LogP contribution in [0.1, 0.15) is 18.4 Å². The Hall–Kier alpha value is -3.95. The second-order valence-electron chi connectivity index (χ2n) is 7.06. The van der Waals surface area contributed by atoms with Crippen molar-refractivity contribution in [2.24, 2.45) is 0 Å². The predicted octanol–water partition coefficient (Wildman–Crippen LogP) is 3.45. The van der Waals surface area contributed by atoms with Crippen LogP contribution in [0.5, 0.6) is 0 Å². The molecule has 0 aliphatic carbocycles. The van der Waals surface area contributed by atoms with Crippen LogP contribution in [0.15, 0.2) is 53.4 Å². The van der Waals surface area contributed by atoms with Gasteiger partial charge >= 0.3 is 0 Å². The summed E-state index contributed by atoms with van der Waals surface area (Å²) in [4.78, 5) is 21.7. The molecule has 4 heterocycles. The molecule has 0 saturated carbocycles. The molecule has 31 heavy (non-hydrogen) atoms. The number of hydrogen-bond donors (Lipinski definition) is 0. The number of nitrogens with zero attached hydrogens (tertiary/aromatic N) is 6. The van der Waals surface area contributed by atoms with Gasteiger partial charge < -0.3 is 4.52 Å². The Labute approximate surface area is 175 Å². The van der Waals surface area contributed by atoms with Crippen LogP contribution in [-0.2, 0) is 11.3 Å². The summed E-state index contributed by atoms with van der Waals surface area (Å²) in [6.07, 6.45) is 3.44. The molecule has 156 valence electrons. The maximum Gasteiger partial charge on any atom is 0.228 e. The van der Waals surface area contributed by atoms with E-state index >= 15 is 0 Å². The molecule has 8 nitrogen and oxygen atoms in total. The Morgan fingerprint density at radius 2 is 1.97 bits per heavy atom. The number of carbonyl (C=O) groups is 1. The first kappa shape index (κ1) is 19.0. The summed E-state index contributed by atoms with van der Waals surface area (Å²) in [5.41, 5.74) is 1.82. The Bertz CT molecular complexity index is 1250. The third-order valence-corrected chi connectivity index (χ3v) is 5.04. The average Bonchev–Trinajstić information content (AvgIpc) is 3.51. The summed E-state index contributed by atoms with van der Waals surface area (Å²) in [7, 11) is 0. The minimum Gasteiger partial charge on any atom is -0.364 e. The SMILES string of the molecule is O=C1CCCN1c1nc(-c2cc(-c3ccon3)n(Cc3ccccc3F)n2)ncc1F. The van der Waals surface area contributed by atoms with Crippen molar-refractivity contribution in [2.45, 2.75) is 19.4 Å². The minimum absolute atomic E-state index is 0.0702. The normalized spacial score (nSPS) is 13.9. The molecule has 1 fully saturated rings. The van der Waals surface area contributed by atoms with E-state index in [1.54, 1.807) is 35.0 Å². The summed E-state index contributed by atoms with van der Waals surface area (Å²) in [5.74, 6) is -1.15. The molecule has 1 saturated heterocycles. The van der Waals surface area contributed by atoms with Gasteiger partial charge in [-0.1, -0.05) is 23.4 Å². The van der Waals surface area contributed by atoms with E-state index in [0.717, 1.165) is 6.20 Å². The van der Waals surface area contributed by atoms with E-state index in [1.807, 2.05) is 0 Å². The fourth-order valence-electron chi connectivity index (χ4n) is 3.53. The van der Waals surface area contributed by atoms with E-state index in [4.69, 9.17) is 4.52 Å². The van der Waals surface area contributed by atoms with Gasteiger partial charge in [-0.15, -0.1) is 0 Å². The summed E-state index contributed by atoms with van der Waals surface area (Å²) < 4.78 is 35.0. The first-order valence-electron chi connectivity index (χ1n) is 9.65. The number of benzene rings is 1. The molecule has 1 aliphatic rings. The molecule has 1 aliphatic heterocycles. The van der Waals surface area contributed by atoms with Crippen molar-refractivity contribution in [1.82, 2.24) is 24.9 Å². The molecule has 0 atom stereocenters. The molecule has 0 unspecified atom stereocenters. The van der Waals surface area contributed by atoms with E-state index in [2.05, 4.69) is 20.2 Å². The van der Waals surface area contributed by atoms with Gasteiger partial charge in [0, 0.05) is 24.6 Å². The van der Waals surface area contributed by atoms with Crippen LogP contribution in [0.25, 0.3) is 22.9 Å². The number of hydrogen-bond acceptors (Lipinski definition) is 6. The highest BCUT2D eigenvalue weighted by molar-refractivity contribution is 5.94. The molecule has 0 N–H and O–H groups in total. The minimum atomic E-state index is -0.679. The van der Waals surface area contributed by atoms with Crippen molar-refractivity contribution in [1.29, 1.82) is 0 Å². The summed E-state index contributed by atoms with van der Waals surface area (Å²) in [6, 6.07) is 9.70. The largest absolute Gasteiger partial charge is 0.364 e. The number of amides is 1. The Balaban J connectivity index is 1.57. The number of halogens is 2. The lowest BCUT2D eigenvalue weighted by Gasteiger charge is -2.15. The topological polar surface area (TPSA) is 89.9 Å². The van der Waals surface area contributed by atoms with Crippen LogP contribution in [0.4, 0.5) is 14.6 Å². The lowest BCUT2D eigenvalue weighted by Crippen LogP contribution is -2.26. The van der Waals surface area contributed by atoms with Crippen LogP contribution in [0, 0.1) is 11.6 Å². The monoisotopic (exact) mass is 422 g/mol.